The Morgan fingerprint density at radius 1 is 1.50 bits per heavy atom. The first-order valence-electron chi connectivity index (χ1n) is 7.39. The van der Waals surface area contributed by atoms with Crippen molar-refractivity contribution in [2.45, 2.75) is 38.3 Å². The Hall–Kier alpha value is -1.80. The van der Waals surface area contributed by atoms with Crippen molar-refractivity contribution in [1.82, 2.24) is 25.5 Å². The number of H-pyrrole nitrogens is 1. The lowest BCUT2D eigenvalue weighted by atomic mass is 9.85. The Morgan fingerprint density at radius 3 is 3.05 bits per heavy atom. The number of carbonyl (C=O) groups excluding carboxylic acids is 1. The number of aliphatic hydroxyl groups is 1. The number of nitrogens with one attached hydrogen (secondary N) is 1. The van der Waals surface area contributed by atoms with E-state index >= 15 is 0 Å². The van der Waals surface area contributed by atoms with Gasteiger partial charge in [0, 0.05) is 22.9 Å². The lowest BCUT2D eigenvalue weighted by Crippen LogP contribution is -2.40. The first-order chi connectivity index (χ1) is 10.6. The van der Waals surface area contributed by atoms with Crippen LogP contribution < -0.4 is 0 Å². The van der Waals surface area contributed by atoms with Gasteiger partial charge in [0.25, 0.3) is 0 Å². The minimum absolute atomic E-state index is 0.0294. The molecule has 2 aromatic heterocycles. The van der Waals surface area contributed by atoms with Crippen molar-refractivity contribution in [3.8, 4) is 11.4 Å². The van der Waals surface area contributed by atoms with Crippen LogP contribution in [0.2, 0.25) is 0 Å². The summed E-state index contributed by atoms with van der Waals surface area (Å²) in [6, 6.07) is 1.97. The average molecular weight is 321 g/mol. The number of carbonyl (C=O) groups is 1. The van der Waals surface area contributed by atoms with Gasteiger partial charge >= 0.3 is 0 Å². The molecule has 2 atom stereocenters. The number of aliphatic hydroxyl groups excluding tert-OH is 1. The highest BCUT2D eigenvalue weighted by atomic mass is 32.1. The van der Waals surface area contributed by atoms with Crippen LogP contribution in [-0.2, 0) is 11.3 Å². The molecule has 1 fully saturated rings. The van der Waals surface area contributed by atoms with E-state index in [-0.39, 0.29) is 11.8 Å². The molecule has 1 aliphatic rings. The SMILES string of the molecule is CN(Cc1cc(-c2nn[nH]n2)cs1)C(=O)[C@@H]1CCCC[C@H]1O. The van der Waals surface area contributed by atoms with Crippen molar-refractivity contribution in [3.05, 3.63) is 16.3 Å². The fourth-order valence-corrected chi connectivity index (χ4v) is 3.77. The zero-order valence-corrected chi connectivity index (χ0v) is 13.2. The molecule has 1 amide bonds. The topological polar surface area (TPSA) is 95.0 Å². The number of tetrazole rings is 1. The van der Waals surface area contributed by atoms with Gasteiger partial charge in [-0.2, -0.15) is 5.21 Å². The third-order valence-corrected chi connectivity index (χ3v) is 4.99. The van der Waals surface area contributed by atoms with Gasteiger partial charge in [-0.15, -0.1) is 21.5 Å². The summed E-state index contributed by atoms with van der Waals surface area (Å²) in [5.41, 5.74) is 0.896. The van der Waals surface area contributed by atoms with E-state index in [1.165, 1.54) is 0 Å². The van der Waals surface area contributed by atoms with Crippen LogP contribution in [0.5, 0.6) is 0 Å². The first kappa shape index (κ1) is 15.1. The number of nitrogens with zero attached hydrogens (tertiary/aromatic N) is 4. The summed E-state index contributed by atoms with van der Waals surface area (Å²) in [5, 5.41) is 25.8. The summed E-state index contributed by atoms with van der Waals surface area (Å²) < 4.78 is 0. The molecule has 2 aromatic rings. The summed E-state index contributed by atoms with van der Waals surface area (Å²) in [6.45, 7) is 0.532. The molecule has 2 N–H and O–H groups in total. The molecule has 2 heterocycles. The van der Waals surface area contributed by atoms with E-state index in [4.69, 9.17) is 0 Å². The van der Waals surface area contributed by atoms with Crippen LogP contribution in [0.1, 0.15) is 30.6 Å². The minimum Gasteiger partial charge on any atom is -0.392 e. The zero-order chi connectivity index (χ0) is 15.5. The Labute approximate surface area is 132 Å². The summed E-state index contributed by atoms with van der Waals surface area (Å²) in [5.74, 6) is 0.330. The quantitative estimate of drug-likeness (QED) is 0.888. The number of hydrogen-bond acceptors (Lipinski definition) is 6. The summed E-state index contributed by atoms with van der Waals surface area (Å²) in [6.07, 6.45) is 3.03. The van der Waals surface area contributed by atoms with E-state index < -0.39 is 6.10 Å². The molecule has 0 spiro atoms. The third kappa shape index (κ3) is 3.17. The van der Waals surface area contributed by atoms with Crippen LogP contribution in [0.4, 0.5) is 0 Å². The second-order valence-electron chi connectivity index (χ2n) is 5.69. The molecule has 1 saturated carbocycles. The summed E-state index contributed by atoms with van der Waals surface area (Å²) >= 11 is 1.56. The zero-order valence-electron chi connectivity index (χ0n) is 12.4. The van der Waals surface area contributed by atoms with Crippen LogP contribution >= 0.6 is 11.3 Å². The Kier molecular flexibility index (Phi) is 4.49. The third-order valence-electron chi connectivity index (χ3n) is 4.07. The second-order valence-corrected chi connectivity index (χ2v) is 6.69. The van der Waals surface area contributed by atoms with Crippen LogP contribution in [0.25, 0.3) is 11.4 Å². The predicted octanol–water partition coefficient (Wildman–Crippen LogP) is 1.44. The standard InChI is InChI=1S/C14H19N5O2S/c1-19(14(21)11-4-2-3-5-12(11)20)7-10-6-9(8-22-10)13-15-17-18-16-13/h6,8,11-12,20H,2-5,7H2,1H3,(H,15,16,17,18)/t11-,12-/m1/s1. The molecular weight excluding hydrogens is 302 g/mol. The van der Waals surface area contributed by atoms with Crippen LogP contribution in [0.3, 0.4) is 0 Å². The molecule has 8 heteroatoms. The van der Waals surface area contributed by atoms with Gasteiger partial charge in [-0.25, -0.2) is 0 Å². The van der Waals surface area contributed by atoms with E-state index in [0.29, 0.717) is 12.4 Å². The first-order valence-corrected chi connectivity index (χ1v) is 8.27. The van der Waals surface area contributed by atoms with Crippen molar-refractivity contribution in [2.24, 2.45) is 5.92 Å². The van der Waals surface area contributed by atoms with Crippen molar-refractivity contribution in [1.29, 1.82) is 0 Å². The predicted molar refractivity (Wildman–Crippen MR) is 81.9 cm³/mol. The van der Waals surface area contributed by atoms with Crippen molar-refractivity contribution in [2.75, 3.05) is 7.05 Å². The fraction of sp³-hybridized carbons (Fsp3) is 0.571. The Balaban J connectivity index is 1.64. The number of hydrogen-bond donors (Lipinski definition) is 2. The highest BCUT2D eigenvalue weighted by Crippen LogP contribution is 2.27. The smallest absolute Gasteiger partial charge is 0.228 e. The monoisotopic (exact) mass is 321 g/mol. The maximum absolute atomic E-state index is 12.5. The molecule has 0 aliphatic heterocycles. The van der Waals surface area contributed by atoms with Gasteiger partial charge in [0.1, 0.15) is 0 Å². The minimum atomic E-state index is -0.498. The Morgan fingerprint density at radius 2 is 2.32 bits per heavy atom. The van der Waals surface area contributed by atoms with E-state index in [1.54, 1.807) is 23.3 Å². The number of aromatic amines is 1. The molecule has 0 saturated heterocycles. The molecule has 118 valence electrons. The molecular formula is C14H19N5O2S. The van der Waals surface area contributed by atoms with Crippen molar-refractivity contribution >= 4 is 17.2 Å². The molecule has 1 aliphatic carbocycles. The fourth-order valence-electron chi connectivity index (χ4n) is 2.86. The lowest BCUT2D eigenvalue weighted by molar-refractivity contribution is -0.140. The van der Waals surface area contributed by atoms with Gasteiger partial charge < -0.3 is 10.0 Å². The van der Waals surface area contributed by atoms with Gasteiger partial charge in [-0.3, -0.25) is 4.79 Å². The molecule has 3 rings (SSSR count). The van der Waals surface area contributed by atoms with Crippen molar-refractivity contribution < 1.29 is 9.90 Å². The number of thiophene rings is 1. The summed E-state index contributed by atoms with van der Waals surface area (Å²) in [7, 11) is 1.79. The summed E-state index contributed by atoms with van der Waals surface area (Å²) in [4.78, 5) is 15.2. The van der Waals surface area contributed by atoms with E-state index in [2.05, 4.69) is 20.6 Å². The van der Waals surface area contributed by atoms with Gasteiger partial charge in [0.2, 0.25) is 11.7 Å². The number of aromatic nitrogens is 4. The largest absolute Gasteiger partial charge is 0.392 e. The molecule has 22 heavy (non-hydrogen) atoms. The number of amides is 1. The second kappa shape index (κ2) is 6.53. The highest BCUT2D eigenvalue weighted by Gasteiger charge is 2.31. The van der Waals surface area contributed by atoms with E-state index in [1.807, 2.05) is 11.4 Å². The van der Waals surface area contributed by atoms with Crippen LogP contribution in [0.15, 0.2) is 11.4 Å². The highest BCUT2D eigenvalue weighted by molar-refractivity contribution is 7.10. The molecule has 0 bridgehead atoms. The van der Waals surface area contributed by atoms with Crippen LogP contribution in [0, 0.1) is 5.92 Å². The molecule has 0 unspecified atom stereocenters. The van der Waals surface area contributed by atoms with E-state index in [0.717, 1.165) is 36.1 Å². The molecule has 0 aromatic carbocycles. The Bertz CT molecular complexity index is 627. The molecule has 0 radical (unpaired) electrons. The number of rotatable bonds is 4. The van der Waals surface area contributed by atoms with E-state index in [9.17, 15) is 9.90 Å². The maximum Gasteiger partial charge on any atom is 0.228 e. The van der Waals surface area contributed by atoms with Gasteiger partial charge in [-0.05, 0) is 24.1 Å². The normalized spacial score (nSPS) is 21.7. The van der Waals surface area contributed by atoms with Gasteiger partial charge in [0.15, 0.2) is 0 Å². The van der Waals surface area contributed by atoms with Gasteiger partial charge in [-0.1, -0.05) is 12.8 Å². The maximum atomic E-state index is 12.5. The molecule has 7 nitrogen and oxygen atoms in total. The van der Waals surface area contributed by atoms with Crippen LogP contribution in [-0.4, -0.2) is 49.7 Å². The average Bonchev–Trinajstić information content (AvgIpc) is 3.17. The lowest BCUT2D eigenvalue weighted by Gasteiger charge is -2.30. The van der Waals surface area contributed by atoms with Gasteiger partial charge in [0.05, 0.1) is 18.6 Å². The van der Waals surface area contributed by atoms with Crippen molar-refractivity contribution in [3.63, 3.8) is 0 Å².